The Bertz CT molecular complexity index is 367. The van der Waals surface area contributed by atoms with Crippen molar-refractivity contribution in [2.45, 2.75) is 148 Å². The predicted molar refractivity (Wildman–Crippen MR) is 125 cm³/mol. The predicted octanol–water partition coefficient (Wildman–Crippen LogP) is 6.00. The quantitative estimate of drug-likeness (QED) is 0.158. The first-order valence-corrected chi connectivity index (χ1v) is 12.4. The number of hydrogen-bond acceptors (Lipinski definition) is 4. The first-order chi connectivity index (χ1) is 13.9. The van der Waals surface area contributed by atoms with Crippen molar-refractivity contribution >= 4 is 5.97 Å². The molecule has 0 aliphatic heterocycles. The molecule has 5 nitrogen and oxygen atoms in total. The molecule has 174 valence electrons. The van der Waals surface area contributed by atoms with Gasteiger partial charge in [0.15, 0.2) is 0 Å². The van der Waals surface area contributed by atoms with Gasteiger partial charge >= 0.3 is 5.97 Å². The van der Waals surface area contributed by atoms with E-state index in [0.717, 1.165) is 12.8 Å². The SMILES string of the molecule is CCCCCCCCCCCCCCCCCCC(C(=O)O)N(C(C)N)C(C)N. The van der Waals surface area contributed by atoms with Gasteiger partial charge in [-0.15, -0.1) is 0 Å². The third kappa shape index (κ3) is 15.8. The highest BCUT2D eigenvalue weighted by atomic mass is 16.4. The number of carbonyl (C=O) groups is 1. The van der Waals surface area contributed by atoms with E-state index < -0.39 is 12.0 Å². The number of carboxylic acid groups (broad SMARTS) is 1. The minimum absolute atomic E-state index is 0.350. The van der Waals surface area contributed by atoms with E-state index in [2.05, 4.69) is 6.92 Å². The van der Waals surface area contributed by atoms with Crippen LogP contribution < -0.4 is 11.5 Å². The maximum absolute atomic E-state index is 11.6. The highest BCUT2D eigenvalue weighted by Crippen LogP contribution is 2.17. The molecule has 0 radical (unpaired) electrons. The Morgan fingerprint density at radius 2 is 1.00 bits per heavy atom. The van der Waals surface area contributed by atoms with Crippen LogP contribution in [0.5, 0.6) is 0 Å². The summed E-state index contributed by atoms with van der Waals surface area (Å²) in [6.45, 7) is 5.87. The molecule has 3 atom stereocenters. The summed E-state index contributed by atoms with van der Waals surface area (Å²) >= 11 is 0. The van der Waals surface area contributed by atoms with Crippen molar-refractivity contribution in [2.75, 3.05) is 0 Å². The molecule has 0 bridgehead atoms. The summed E-state index contributed by atoms with van der Waals surface area (Å²) in [6.07, 6.45) is 21.1. The van der Waals surface area contributed by atoms with Crippen LogP contribution in [-0.4, -0.2) is 34.3 Å². The van der Waals surface area contributed by atoms with E-state index in [9.17, 15) is 9.90 Å². The normalized spacial score (nSPS) is 14.8. The lowest BCUT2D eigenvalue weighted by Gasteiger charge is -2.35. The molecule has 5 heteroatoms. The molecule has 3 unspecified atom stereocenters. The van der Waals surface area contributed by atoms with E-state index in [0.29, 0.717) is 6.42 Å². The van der Waals surface area contributed by atoms with Crippen LogP contribution in [0.3, 0.4) is 0 Å². The fourth-order valence-electron chi connectivity index (χ4n) is 4.22. The number of nitrogens with two attached hydrogens (primary N) is 2. The fraction of sp³-hybridized carbons (Fsp3) is 0.958. The molecule has 0 saturated carbocycles. The summed E-state index contributed by atoms with van der Waals surface area (Å²) in [6, 6.07) is -0.582. The van der Waals surface area contributed by atoms with Crippen LogP contribution in [0.1, 0.15) is 130 Å². The van der Waals surface area contributed by atoms with E-state index in [1.165, 1.54) is 89.9 Å². The lowest BCUT2D eigenvalue weighted by molar-refractivity contribution is -0.145. The third-order valence-corrected chi connectivity index (χ3v) is 5.92. The van der Waals surface area contributed by atoms with Crippen molar-refractivity contribution in [3.8, 4) is 0 Å². The number of hydrogen-bond donors (Lipinski definition) is 3. The molecule has 0 fully saturated rings. The number of unbranched alkanes of at least 4 members (excludes halogenated alkanes) is 15. The van der Waals surface area contributed by atoms with Crippen molar-refractivity contribution in [2.24, 2.45) is 11.5 Å². The van der Waals surface area contributed by atoms with E-state index >= 15 is 0 Å². The molecule has 0 heterocycles. The minimum Gasteiger partial charge on any atom is -0.480 e. The Balaban J connectivity index is 3.57. The Labute approximate surface area is 181 Å². The van der Waals surface area contributed by atoms with Crippen LogP contribution in [-0.2, 0) is 4.79 Å². The molecule has 0 aromatic rings. The zero-order valence-corrected chi connectivity index (χ0v) is 19.7. The number of nitrogens with zero attached hydrogens (tertiary/aromatic N) is 1. The lowest BCUT2D eigenvalue weighted by atomic mass is 10.0. The molecule has 29 heavy (non-hydrogen) atoms. The molecule has 0 aromatic carbocycles. The van der Waals surface area contributed by atoms with Gasteiger partial charge < -0.3 is 16.6 Å². The van der Waals surface area contributed by atoms with E-state index in [1.807, 2.05) is 0 Å². The van der Waals surface area contributed by atoms with Gasteiger partial charge in [0.25, 0.3) is 0 Å². The molecule has 0 aliphatic carbocycles. The maximum atomic E-state index is 11.6. The van der Waals surface area contributed by atoms with Gasteiger partial charge in [-0.3, -0.25) is 9.69 Å². The summed E-state index contributed by atoms with van der Waals surface area (Å²) in [5.41, 5.74) is 11.8. The molecule has 0 saturated heterocycles. The molecular weight excluding hydrogens is 362 g/mol. The van der Waals surface area contributed by atoms with Crippen LogP contribution in [0.15, 0.2) is 0 Å². The molecule has 0 spiro atoms. The topological polar surface area (TPSA) is 92.6 Å². The second kappa shape index (κ2) is 19.3. The molecule has 0 rings (SSSR count). The van der Waals surface area contributed by atoms with Crippen LogP contribution in [0.4, 0.5) is 0 Å². The van der Waals surface area contributed by atoms with Gasteiger partial charge in [-0.25, -0.2) is 0 Å². The molecular formula is C24H51N3O2. The first kappa shape index (κ1) is 28.4. The average Bonchev–Trinajstić information content (AvgIpc) is 2.65. The zero-order valence-electron chi connectivity index (χ0n) is 19.7. The van der Waals surface area contributed by atoms with Crippen LogP contribution in [0, 0.1) is 0 Å². The second-order valence-electron chi connectivity index (χ2n) is 8.87. The van der Waals surface area contributed by atoms with Gasteiger partial charge in [0.2, 0.25) is 0 Å². The minimum atomic E-state index is -0.819. The van der Waals surface area contributed by atoms with Crippen molar-refractivity contribution in [3.05, 3.63) is 0 Å². The molecule has 0 amide bonds. The van der Waals surface area contributed by atoms with Crippen molar-refractivity contribution in [3.63, 3.8) is 0 Å². The number of carboxylic acids is 1. The maximum Gasteiger partial charge on any atom is 0.321 e. The largest absolute Gasteiger partial charge is 0.480 e. The lowest BCUT2D eigenvalue weighted by Crippen LogP contribution is -2.57. The highest BCUT2D eigenvalue weighted by molar-refractivity contribution is 5.73. The van der Waals surface area contributed by atoms with Crippen molar-refractivity contribution in [1.29, 1.82) is 0 Å². The van der Waals surface area contributed by atoms with Crippen molar-refractivity contribution in [1.82, 2.24) is 4.90 Å². The van der Waals surface area contributed by atoms with Crippen LogP contribution >= 0.6 is 0 Å². The van der Waals surface area contributed by atoms with Gasteiger partial charge in [-0.05, 0) is 20.3 Å². The van der Waals surface area contributed by atoms with Gasteiger partial charge in [-0.2, -0.15) is 0 Å². The summed E-state index contributed by atoms with van der Waals surface area (Å²) in [5.74, 6) is -0.819. The smallest absolute Gasteiger partial charge is 0.321 e. The van der Waals surface area contributed by atoms with Gasteiger partial charge in [0.1, 0.15) is 6.04 Å². The Hall–Kier alpha value is -0.650. The Morgan fingerprint density at radius 3 is 1.28 bits per heavy atom. The third-order valence-electron chi connectivity index (χ3n) is 5.92. The standard InChI is InChI=1S/C24H51N3O2/c1-4-5-6-7-8-9-10-11-12-13-14-15-16-17-18-19-20-23(24(28)29)27(21(2)25)22(3)26/h21-23H,4-20,25-26H2,1-3H3,(H,28,29). The highest BCUT2D eigenvalue weighted by Gasteiger charge is 2.29. The zero-order chi connectivity index (χ0) is 21.9. The second-order valence-corrected chi connectivity index (χ2v) is 8.87. The number of rotatable bonds is 21. The monoisotopic (exact) mass is 413 g/mol. The van der Waals surface area contributed by atoms with Gasteiger partial charge in [-0.1, -0.05) is 110 Å². The molecule has 0 aliphatic rings. The summed E-state index contributed by atoms with van der Waals surface area (Å²) in [5, 5.41) is 9.51. The van der Waals surface area contributed by atoms with Crippen LogP contribution in [0.25, 0.3) is 0 Å². The van der Waals surface area contributed by atoms with E-state index in [-0.39, 0.29) is 12.3 Å². The molecule has 5 N–H and O–H groups in total. The summed E-state index contributed by atoms with van der Waals surface area (Å²) in [7, 11) is 0. The van der Waals surface area contributed by atoms with Gasteiger partial charge in [0.05, 0.1) is 12.3 Å². The van der Waals surface area contributed by atoms with E-state index in [1.54, 1.807) is 18.7 Å². The molecule has 0 aromatic heterocycles. The Morgan fingerprint density at radius 1 is 0.690 bits per heavy atom. The van der Waals surface area contributed by atoms with Gasteiger partial charge in [0, 0.05) is 0 Å². The van der Waals surface area contributed by atoms with E-state index in [4.69, 9.17) is 11.5 Å². The number of aliphatic carboxylic acids is 1. The Kier molecular flexibility index (Phi) is 18.9. The first-order valence-electron chi connectivity index (χ1n) is 12.4. The average molecular weight is 414 g/mol. The summed E-state index contributed by atoms with van der Waals surface area (Å²) < 4.78 is 0. The summed E-state index contributed by atoms with van der Waals surface area (Å²) in [4.78, 5) is 13.3. The van der Waals surface area contributed by atoms with Crippen LogP contribution in [0.2, 0.25) is 0 Å². The fourth-order valence-corrected chi connectivity index (χ4v) is 4.22. The van der Waals surface area contributed by atoms with Crippen molar-refractivity contribution < 1.29 is 9.90 Å².